The average molecular weight is 198 g/mol. The maximum Gasteiger partial charge on any atom is 0.234 e. The van der Waals surface area contributed by atoms with Crippen LogP contribution in [0.2, 0.25) is 0 Å². The van der Waals surface area contributed by atoms with Crippen molar-refractivity contribution in [2.24, 2.45) is 0 Å². The molecule has 0 aromatic heterocycles. The van der Waals surface area contributed by atoms with Gasteiger partial charge in [-0.15, -0.1) is 0 Å². The Bertz CT molecular complexity index is 211. The number of amides is 1. The number of carbonyl (C=O) groups is 1. The molecule has 2 heterocycles. The molecular formula is C9H18N4O. The zero-order valence-electron chi connectivity index (χ0n) is 8.47. The van der Waals surface area contributed by atoms with Crippen LogP contribution in [0, 0.1) is 0 Å². The highest BCUT2D eigenvalue weighted by Crippen LogP contribution is 2.02. The predicted octanol–water partition coefficient (Wildman–Crippen LogP) is -1.63. The first kappa shape index (κ1) is 9.89. The standard InChI is InChI=1S/C9H18N4O/c1-6-2-3-10-9(13-6)7-4-12-8(14)5-11-7/h6-7,9-11,13H,2-5H2,1H3,(H,12,14). The summed E-state index contributed by atoms with van der Waals surface area (Å²) in [7, 11) is 0. The third kappa shape index (κ3) is 2.23. The molecule has 1 amide bonds. The maximum atomic E-state index is 10.9. The van der Waals surface area contributed by atoms with Crippen molar-refractivity contribution in [2.45, 2.75) is 31.6 Å². The van der Waals surface area contributed by atoms with E-state index in [1.165, 1.54) is 0 Å². The number of hydrogen-bond acceptors (Lipinski definition) is 4. The molecule has 5 heteroatoms. The second-order valence-electron chi connectivity index (χ2n) is 4.08. The molecular weight excluding hydrogens is 180 g/mol. The number of carbonyl (C=O) groups excluding carboxylic acids is 1. The Morgan fingerprint density at radius 3 is 2.86 bits per heavy atom. The Labute approximate surface area is 84.0 Å². The van der Waals surface area contributed by atoms with Crippen molar-refractivity contribution in [1.82, 2.24) is 21.3 Å². The average Bonchev–Trinajstić information content (AvgIpc) is 2.19. The van der Waals surface area contributed by atoms with E-state index in [9.17, 15) is 4.79 Å². The van der Waals surface area contributed by atoms with Crippen molar-refractivity contribution in [3.8, 4) is 0 Å². The van der Waals surface area contributed by atoms with Gasteiger partial charge in [-0.05, 0) is 19.9 Å². The van der Waals surface area contributed by atoms with Gasteiger partial charge in [0.15, 0.2) is 0 Å². The van der Waals surface area contributed by atoms with Crippen LogP contribution >= 0.6 is 0 Å². The molecule has 80 valence electrons. The van der Waals surface area contributed by atoms with Crippen molar-refractivity contribution in [3.63, 3.8) is 0 Å². The van der Waals surface area contributed by atoms with Gasteiger partial charge in [0.25, 0.3) is 0 Å². The summed E-state index contributed by atoms with van der Waals surface area (Å²) >= 11 is 0. The maximum absolute atomic E-state index is 10.9. The quantitative estimate of drug-likeness (QED) is 0.408. The topological polar surface area (TPSA) is 65.2 Å². The largest absolute Gasteiger partial charge is 0.353 e. The summed E-state index contributed by atoms with van der Waals surface area (Å²) in [5.41, 5.74) is 0. The zero-order chi connectivity index (χ0) is 9.97. The molecule has 3 atom stereocenters. The Kier molecular flexibility index (Phi) is 3.00. The smallest absolute Gasteiger partial charge is 0.234 e. The Morgan fingerprint density at radius 1 is 1.36 bits per heavy atom. The lowest BCUT2D eigenvalue weighted by atomic mass is 10.1. The highest BCUT2D eigenvalue weighted by atomic mass is 16.2. The molecule has 14 heavy (non-hydrogen) atoms. The van der Waals surface area contributed by atoms with Crippen molar-refractivity contribution in [3.05, 3.63) is 0 Å². The summed E-state index contributed by atoms with van der Waals surface area (Å²) in [6.07, 6.45) is 1.44. The second-order valence-corrected chi connectivity index (χ2v) is 4.08. The minimum absolute atomic E-state index is 0.0881. The molecule has 2 fully saturated rings. The Balaban J connectivity index is 1.85. The predicted molar refractivity (Wildman–Crippen MR) is 53.8 cm³/mol. The molecule has 0 aromatic carbocycles. The molecule has 0 saturated carbocycles. The Hall–Kier alpha value is -0.650. The second kappa shape index (κ2) is 4.25. The van der Waals surface area contributed by atoms with Gasteiger partial charge in [-0.3, -0.25) is 10.1 Å². The Morgan fingerprint density at radius 2 is 2.21 bits per heavy atom. The van der Waals surface area contributed by atoms with E-state index in [1.54, 1.807) is 0 Å². The van der Waals surface area contributed by atoms with E-state index in [1.807, 2.05) is 0 Å². The summed E-state index contributed by atoms with van der Waals surface area (Å²) in [4.78, 5) is 10.9. The number of hydrogen-bond donors (Lipinski definition) is 4. The highest BCUT2D eigenvalue weighted by Gasteiger charge is 2.28. The summed E-state index contributed by atoms with van der Waals surface area (Å²) in [5, 5.41) is 13.0. The number of nitrogens with one attached hydrogen (secondary N) is 4. The van der Waals surface area contributed by atoms with Crippen LogP contribution in [0.25, 0.3) is 0 Å². The van der Waals surface area contributed by atoms with E-state index in [0.29, 0.717) is 25.2 Å². The van der Waals surface area contributed by atoms with Crippen molar-refractivity contribution in [2.75, 3.05) is 19.6 Å². The molecule has 3 unspecified atom stereocenters. The van der Waals surface area contributed by atoms with E-state index in [-0.39, 0.29) is 12.1 Å². The normalized spacial score (nSPS) is 39.2. The van der Waals surface area contributed by atoms with Gasteiger partial charge in [0.05, 0.1) is 18.8 Å². The molecule has 0 bridgehead atoms. The molecule has 2 aliphatic heterocycles. The van der Waals surface area contributed by atoms with Gasteiger partial charge < -0.3 is 16.0 Å². The lowest BCUT2D eigenvalue weighted by Gasteiger charge is -2.37. The third-order valence-electron chi connectivity index (χ3n) is 2.85. The van der Waals surface area contributed by atoms with Gasteiger partial charge in [-0.2, -0.15) is 0 Å². The lowest BCUT2D eigenvalue weighted by Crippen LogP contribution is -2.67. The molecule has 0 spiro atoms. The third-order valence-corrected chi connectivity index (χ3v) is 2.85. The molecule has 4 N–H and O–H groups in total. The van der Waals surface area contributed by atoms with Gasteiger partial charge in [-0.25, -0.2) is 0 Å². The molecule has 2 aliphatic rings. The monoisotopic (exact) mass is 198 g/mol. The summed E-state index contributed by atoms with van der Waals surface area (Å²) in [6.45, 7) is 4.37. The molecule has 2 saturated heterocycles. The molecule has 5 nitrogen and oxygen atoms in total. The molecule has 0 aromatic rings. The highest BCUT2D eigenvalue weighted by molar-refractivity contribution is 5.78. The first-order valence-electron chi connectivity index (χ1n) is 5.25. The minimum Gasteiger partial charge on any atom is -0.353 e. The van der Waals surface area contributed by atoms with Crippen LogP contribution in [0.15, 0.2) is 0 Å². The van der Waals surface area contributed by atoms with Gasteiger partial charge in [0, 0.05) is 12.6 Å². The first-order valence-corrected chi connectivity index (χ1v) is 5.25. The van der Waals surface area contributed by atoms with Crippen molar-refractivity contribution >= 4 is 5.91 Å². The number of piperazine rings is 1. The van der Waals surface area contributed by atoms with Crippen LogP contribution in [0.3, 0.4) is 0 Å². The lowest BCUT2D eigenvalue weighted by molar-refractivity contribution is -0.121. The van der Waals surface area contributed by atoms with E-state index in [4.69, 9.17) is 0 Å². The zero-order valence-corrected chi connectivity index (χ0v) is 8.47. The fraction of sp³-hybridized carbons (Fsp3) is 0.889. The van der Waals surface area contributed by atoms with Gasteiger partial charge in [-0.1, -0.05) is 0 Å². The van der Waals surface area contributed by atoms with Gasteiger partial charge in [0.2, 0.25) is 5.91 Å². The van der Waals surface area contributed by atoms with Crippen LogP contribution in [-0.4, -0.2) is 43.8 Å². The first-order chi connectivity index (χ1) is 6.75. The fourth-order valence-electron chi connectivity index (χ4n) is 1.98. The summed E-state index contributed by atoms with van der Waals surface area (Å²) in [5.74, 6) is 0.0881. The van der Waals surface area contributed by atoms with Crippen LogP contribution in [0.5, 0.6) is 0 Å². The van der Waals surface area contributed by atoms with Crippen LogP contribution in [-0.2, 0) is 4.79 Å². The van der Waals surface area contributed by atoms with Crippen molar-refractivity contribution in [1.29, 1.82) is 0 Å². The van der Waals surface area contributed by atoms with Crippen LogP contribution in [0.4, 0.5) is 0 Å². The molecule has 0 aliphatic carbocycles. The summed E-state index contributed by atoms with van der Waals surface area (Å²) < 4.78 is 0. The van der Waals surface area contributed by atoms with E-state index < -0.39 is 0 Å². The fourth-order valence-corrected chi connectivity index (χ4v) is 1.98. The van der Waals surface area contributed by atoms with Gasteiger partial charge >= 0.3 is 0 Å². The van der Waals surface area contributed by atoms with E-state index >= 15 is 0 Å². The van der Waals surface area contributed by atoms with Crippen molar-refractivity contribution < 1.29 is 4.79 Å². The van der Waals surface area contributed by atoms with Crippen LogP contribution in [0.1, 0.15) is 13.3 Å². The molecule has 2 rings (SSSR count). The summed E-state index contributed by atoms with van der Waals surface area (Å²) in [6, 6.07) is 0.858. The minimum atomic E-state index is 0.0881. The number of rotatable bonds is 1. The van der Waals surface area contributed by atoms with E-state index in [0.717, 1.165) is 13.0 Å². The SMILES string of the molecule is CC1CCNC(C2CNC(=O)CN2)N1. The van der Waals surface area contributed by atoms with Crippen LogP contribution < -0.4 is 21.3 Å². The molecule has 0 radical (unpaired) electrons. The van der Waals surface area contributed by atoms with E-state index in [2.05, 4.69) is 28.2 Å². The van der Waals surface area contributed by atoms with Gasteiger partial charge in [0.1, 0.15) is 0 Å².